The van der Waals surface area contributed by atoms with E-state index in [-0.39, 0.29) is 5.54 Å². The van der Waals surface area contributed by atoms with E-state index in [0.29, 0.717) is 0 Å². The van der Waals surface area contributed by atoms with Crippen molar-refractivity contribution in [3.63, 3.8) is 0 Å². The first-order valence-corrected chi connectivity index (χ1v) is 3.42. The lowest BCUT2D eigenvalue weighted by molar-refractivity contribution is 0.576. The van der Waals surface area contributed by atoms with Crippen LogP contribution in [0.25, 0.3) is 0 Å². The van der Waals surface area contributed by atoms with Gasteiger partial charge in [-0.2, -0.15) is 0 Å². The van der Waals surface area contributed by atoms with Crippen LogP contribution in [0.4, 0.5) is 0 Å². The van der Waals surface area contributed by atoms with E-state index < -0.39 is 0 Å². The predicted octanol–water partition coefficient (Wildman–Crippen LogP) is 2.19. The molecule has 0 amide bonds. The van der Waals surface area contributed by atoms with Gasteiger partial charge in [-0.1, -0.05) is 13.0 Å². The molecule has 50 valence electrons. The highest BCUT2D eigenvalue weighted by Gasteiger charge is 2.19. The third-order valence-corrected chi connectivity index (χ3v) is 1.83. The second kappa shape index (κ2) is 1.98. The lowest BCUT2D eigenvalue weighted by Gasteiger charge is -2.14. The summed E-state index contributed by atoms with van der Waals surface area (Å²) in [6, 6.07) is 0. The summed E-state index contributed by atoms with van der Waals surface area (Å²) < 4.78 is 0. The van der Waals surface area contributed by atoms with Crippen LogP contribution < -0.4 is 0 Å². The van der Waals surface area contributed by atoms with Gasteiger partial charge in [0.15, 0.2) is 0 Å². The number of hydrogen-bond acceptors (Lipinski definition) is 1. The molecule has 9 heavy (non-hydrogen) atoms. The van der Waals surface area contributed by atoms with Gasteiger partial charge in [-0.05, 0) is 26.3 Å². The van der Waals surface area contributed by atoms with Crippen molar-refractivity contribution in [3.8, 4) is 0 Å². The average molecular weight is 123 g/mol. The van der Waals surface area contributed by atoms with Gasteiger partial charge in [0.25, 0.3) is 0 Å². The van der Waals surface area contributed by atoms with Crippen LogP contribution in [0, 0.1) is 0 Å². The van der Waals surface area contributed by atoms with Crippen molar-refractivity contribution in [2.45, 2.75) is 32.7 Å². The minimum absolute atomic E-state index is 0.115. The first-order valence-electron chi connectivity index (χ1n) is 3.42. The maximum Gasteiger partial charge on any atom is 0.0763 e. The van der Waals surface area contributed by atoms with Gasteiger partial charge in [0.1, 0.15) is 0 Å². The second-order valence-electron chi connectivity index (χ2n) is 2.80. The lowest BCUT2D eigenvalue weighted by Crippen LogP contribution is -2.13. The zero-order valence-corrected chi connectivity index (χ0v) is 6.31. The Balaban J connectivity index is 2.78. The van der Waals surface area contributed by atoms with E-state index in [1.807, 2.05) is 6.92 Å². The van der Waals surface area contributed by atoms with Crippen molar-refractivity contribution in [2.75, 3.05) is 0 Å². The Kier molecular flexibility index (Phi) is 1.43. The Morgan fingerprint density at radius 1 is 1.67 bits per heavy atom. The van der Waals surface area contributed by atoms with E-state index in [1.54, 1.807) is 0 Å². The quantitative estimate of drug-likeness (QED) is 0.506. The van der Waals surface area contributed by atoms with Crippen molar-refractivity contribution in [1.29, 1.82) is 0 Å². The molecule has 1 aliphatic rings. The lowest BCUT2D eigenvalue weighted by atomic mass is 10.0. The van der Waals surface area contributed by atoms with Gasteiger partial charge in [0.2, 0.25) is 0 Å². The molecule has 1 atom stereocenters. The van der Waals surface area contributed by atoms with E-state index in [9.17, 15) is 0 Å². The highest BCUT2D eigenvalue weighted by atomic mass is 14.9. The summed E-state index contributed by atoms with van der Waals surface area (Å²) in [5.74, 6) is 0. The zero-order valence-electron chi connectivity index (χ0n) is 6.31. The number of aliphatic imine (C=N–C) groups is 1. The van der Waals surface area contributed by atoms with Crippen molar-refractivity contribution < 1.29 is 0 Å². The molecule has 1 heteroatoms. The number of hydrogen-bond donors (Lipinski definition) is 0. The molecule has 1 nitrogen and oxygen atoms in total. The molecule has 1 rings (SSSR count). The molecule has 0 aromatic heterocycles. The van der Waals surface area contributed by atoms with Crippen molar-refractivity contribution in [1.82, 2.24) is 0 Å². The first-order chi connectivity index (χ1) is 4.16. The van der Waals surface area contributed by atoms with Gasteiger partial charge in [0.05, 0.1) is 5.54 Å². The predicted molar refractivity (Wildman–Crippen MR) is 40.9 cm³/mol. The van der Waals surface area contributed by atoms with Crippen LogP contribution in [-0.2, 0) is 0 Å². The van der Waals surface area contributed by atoms with Gasteiger partial charge in [-0.3, -0.25) is 4.99 Å². The molecule has 0 N–H and O–H groups in total. The molecule has 0 bridgehead atoms. The number of allylic oxidation sites excluding steroid dienone is 1. The third-order valence-electron chi connectivity index (χ3n) is 1.83. The summed E-state index contributed by atoms with van der Waals surface area (Å²) in [7, 11) is 0. The summed E-state index contributed by atoms with van der Waals surface area (Å²) in [6.45, 7) is 6.35. The number of nitrogens with zero attached hydrogens (tertiary/aromatic N) is 1. The molecule has 0 aliphatic carbocycles. The van der Waals surface area contributed by atoms with Crippen LogP contribution in [-0.4, -0.2) is 11.3 Å². The van der Waals surface area contributed by atoms with Crippen molar-refractivity contribution in [2.24, 2.45) is 4.99 Å². The molecule has 1 unspecified atom stereocenters. The fourth-order valence-corrected chi connectivity index (χ4v) is 0.974. The fraction of sp³-hybridized carbons (Fsp3) is 0.625. The SMILES string of the molecule is CCC1(C)C=CC(C)=N1. The largest absolute Gasteiger partial charge is 0.280 e. The van der Waals surface area contributed by atoms with E-state index >= 15 is 0 Å². The topological polar surface area (TPSA) is 12.4 Å². The van der Waals surface area contributed by atoms with Crippen LogP contribution >= 0.6 is 0 Å². The zero-order chi connectivity index (χ0) is 6.91. The summed E-state index contributed by atoms with van der Waals surface area (Å²) in [4.78, 5) is 4.44. The van der Waals surface area contributed by atoms with E-state index in [0.717, 1.165) is 12.1 Å². The van der Waals surface area contributed by atoms with Crippen molar-refractivity contribution in [3.05, 3.63) is 12.2 Å². The maximum atomic E-state index is 4.44. The molecule has 0 aromatic rings. The van der Waals surface area contributed by atoms with Crippen LogP contribution in [0.2, 0.25) is 0 Å². The minimum atomic E-state index is 0.115. The van der Waals surface area contributed by atoms with Crippen molar-refractivity contribution >= 4 is 5.71 Å². The molecule has 0 saturated carbocycles. The molecule has 0 fully saturated rings. The summed E-state index contributed by atoms with van der Waals surface area (Å²) in [6.07, 6.45) is 5.35. The highest BCUT2D eigenvalue weighted by Crippen LogP contribution is 2.21. The van der Waals surface area contributed by atoms with E-state index in [1.165, 1.54) is 0 Å². The summed E-state index contributed by atoms with van der Waals surface area (Å²) in [5, 5.41) is 0. The fourth-order valence-electron chi connectivity index (χ4n) is 0.974. The molecule has 1 aliphatic heterocycles. The summed E-state index contributed by atoms with van der Waals surface area (Å²) in [5.41, 5.74) is 1.27. The molecule has 0 aromatic carbocycles. The molecule has 0 radical (unpaired) electrons. The highest BCUT2D eigenvalue weighted by molar-refractivity contribution is 5.95. The molecule has 0 saturated heterocycles. The number of rotatable bonds is 1. The Hall–Kier alpha value is -0.590. The van der Waals surface area contributed by atoms with Gasteiger partial charge in [0, 0.05) is 5.71 Å². The van der Waals surface area contributed by atoms with Crippen LogP contribution in [0.3, 0.4) is 0 Å². The molecule has 1 heterocycles. The van der Waals surface area contributed by atoms with Crippen LogP contribution in [0.15, 0.2) is 17.1 Å². The van der Waals surface area contributed by atoms with Crippen LogP contribution in [0.5, 0.6) is 0 Å². The molecular weight excluding hydrogens is 110 g/mol. The molecular formula is C8H13N. The van der Waals surface area contributed by atoms with E-state index in [4.69, 9.17) is 0 Å². The van der Waals surface area contributed by atoms with Gasteiger partial charge >= 0.3 is 0 Å². The Labute approximate surface area is 56.5 Å². The maximum absolute atomic E-state index is 4.44. The van der Waals surface area contributed by atoms with Gasteiger partial charge in [-0.25, -0.2) is 0 Å². The second-order valence-corrected chi connectivity index (χ2v) is 2.80. The monoisotopic (exact) mass is 123 g/mol. The Morgan fingerprint density at radius 3 is 2.56 bits per heavy atom. The minimum Gasteiger partial charge on any atom is -0.280 e. The standard InChI is InChI=1S/C8H13N/c1-4-8(3)6-5-7(2)9-8/h5-6H,4H2,1-3H3. The van der Waals surface area contributed by atoms with Gasteiger partial charge < -0.3 is 0 Å². The van der Waals surface area contributed by atoms with Gasteiger partial charge in [-0.15, -0.1) is 0 Å². The average Bonchev–Trinajstić information content (AvgIpc) is 2.13. The first kappa shape index (κ1) is 6.53. The summed E-state index contributed by atoms with van der Waals surface area (Å²) >= 11 is 0. The van der Waals surface area contributed by atoms with E-state index in [2.05, 4.69) is 31.0 Å². The normalized spacial score (nSPS) is 33.0. The van der Waals surface area contributed by atoms with Crippen LogP contribution in [0.1, 0.15) is 27.2 Å². The smallest absolute Gasteiger partial charge is 0.0763 e. The Bertz CT molecular complexity index is 167. The third kappa shape index (κ3) is 1.21. The Morgan fingerprint density at radius 2 is 2.33 bits per heavy atom. The molecule has 0 spiro atoms.